The molecule has 2 aliphatic rings. The molecule has 0 radical (unpaired) electrons. The van der Waals surface area contributed by atoms with Gasteiger partial charge in [0.15, 0.2) is 0 Å². The number of carbonyl (C=O) groups excluding carboxylic acids is 1. The van der Waals surface area contributed by atoms with Gasteiger partial charge in [0.05, 0.1) is 6.04 Å². The van der Waals surface area contributed by atoms with E-state index in [4.69, 9.17) is 4.74 Å². The number of halogens is 2. The molecule has 1 atom stereocenters. The zero-order valence-corrected chi connectivity index (χ0v) is 15.4. The summed E-state index contributed by atoms with van der Waals surface area (Å²) < 4.78 is 32.6. The highest BCUT2D eigenvalue weighted by atomic mass is 19.3. The minimum absolute atomic E-state index is 0.0650. The van der Waals surface area contributed by atoms with Crippen LogP contribution in [0.25, 0.3) is 0 Å². The van der Waals surface area contributed by atoms with Crippen LogP contribution in [-0.2, 0) is 4.74 Å². The molecule has 1 aromatic rings. The molecule has 1 aromatic carbocycles. The zero-order chi connectivity index (χ0) is 18.5. The molecule has 1 saturated heterocycles. The summed E-state index contributed by atoms with van der Waals surface area (Å²) in [5.41, 5.74) is 1.20. The van der Waals surface area contributed by atoms with Crippen molar-refractivity contribution in [3.63, 3.8) is 0 Å². The van der Waals surface area contributed by atoms with E-state index in [9.17, 15) is 13.6 Å². The third-order valence-corrected chi connectivity index (χ3v) is 5.24. The van der Waals surface area contributed by atoms with E-state index in [0.29, 0.717) is 19.4 Å². The summed E-state index contributed by atoms with van der Waals surface area (Å²) >= 11 is 0. The van der Waals surface area contributed by atoms with E-state index in [0.717, 1.165) is 11.1 Å². The van der Waals surface area contributed by atoms with E-state index in [1.807, 2.05) is 52.0 Å². The van der Waals surface area contributed by atoms with Gasteiger partial charge >= 0.3 is 6.09 Å². The first kappa shape index (κ1) is 18.2. The standard InChI is InChI=1S/C20H27F2NO2/c1-14-5-7-15(8-6-14)16-11-19(12-20(21,22)13-19)9-10-23(16)17(24)25-18(2,3)4/h5-8,16H,9-13H2,1-4H3. The van der Waals surface area contributed by atoms with Gasteiger partial charge in [0.1, 0.15) is 5.60 Å². The van der Waals surface area contributed by atoms with Gasteiger partial charge in [0, 0.05) is 19.4 Å². The van der Waals surface area contributed by atoms with E-state index in [-0.39, 0.29) is 30.4 Å². The minimum Gasteiger partial charge on any atom is -0.444 e. The van der Waals surface area contributed by atoms with Gasteiger partial charge in [-0.25, -0.2) is 13.6 Å². The van der Waals surface area contributed by atoms with E-state index in [2.05, 4.69) is 0 Å². The molecule has 0 bridgehead atoms. The molecule has 1 aliphatic carbocycles. The first-order chi connectivity index (χ1) is 11.5. The first-order valence-corrected chi connectivity index (χ1v) is 8.93. The average Bonchev–Trinajstić information content (AvgIpc) is 2.44. The fourth-order valence-electron chi connectivity index (χ4n) is 4.13. The number of amides is 1. The van der Waals surface area contributed by atoms with Crippen LogP contribution in [0.3, 0.4) is 0 Å². The van der Waals surface area contributed by atoms with Gasteiger partial charge in [0.2, 0.25) is 5.92 Å². The van der Waals surface area contributed by atoms with Crippen LogP contribution >= 0.6 is 0 Å². The van der Waals surface area contributed by atoms with Crippen LogP contribution < -0.4 is 0 Å². The van der Waals surface area contributed by atoms with Crippen LogP contribution in [0.4, 0.5) is 13.6 Å². The Bertz CT molecular complexity index is 641. The van der Waals surface area contributed by atoms with Gasteiger partial charge in [-0.3, -0.25) is 0 Å². The van der Waals surface area contributed by atoms with E-state index >= 15 is 0 Å². The van der Waals surface area contributed by atoms with Gasteiger partial charge in [-0.15, -0.1) is 0 Å². The molecule has 1 unspecified atom stereocenters. The average molecular weight is 351 g/mol. The predicted octanol–water partition coefficient (Wildman–Crippen LogP) is 5.48. The van der Waals surface area contributed by atoms with Gasteiger partial charge < -0.3 is 9.64 Å². The molecule has 0 aromatic heterocycles. The third kappa shape index (κ3) is 3.96. The lowest BCUT2D eigenvalue weighted by Crippen LogP contribution is -2.54. The van der Waals surface area contributed by atoms with E-state index in [1.165, 1.54) is 0 Å². The Morgan fingerprint density at radius 1 is 1.20 bits per heavy atom. The van der Waals surface area contributed by atoms with Crippen molar-refractivity contribution >= 4 is 6.09 Å². The summed E-state index contributed by atoms with van der Waals surface area (Å²) in [7, 11) is 0. The van der Waals surface area contributed by atoms with Crippen molar-refractivity contribution in [3.05, 3.63) is 35.4 Å². The number of aryl methyl sites for hydroxylation is 1. The maximum absolute atomic E-state index is 13.5. The Morgan fingerprint density at radius 3 is 2.32 bits per heavy atom. The van der Waals surface area contributed by atoms with Crippen molar-refractivity contribution in [1.29, 1.82) is 0 Å². The number of hydrogen-bond donors (Lipinski definition) is 0. The lowest BCUT2D eigenvalue weighted by molar-refractivity contribution is -0.183. The highest BCUT2D eigenvalue weighted by molar-refractivity contribution is 5.69. The molecule has 1 aliphatic heterocycles. The van der Waals surface area contributed by atoms with Crippen molar-refractivity contribution < 1.29 is 18.3 Å². The molecule has 2 fully saturated rings. The van der Waals surface area contributed by atoms with Crippen LogP contribution in [0.2, 0.25) is 0 Å². The monoisotopic (exact) mass is 351 g/mol. The fourth-order valence-corrected chi connectivity index (χ4v) is 4.13. The Morgan fingerprint density at radius 2 is 1.80 bits per heavy atom. The summed E-state index contributed by atoms with van der Waals surface area (Å²) in [6.45, 7) is 7.98. The maximum Gasteiger partial charge on any atom is 0.410 e. The number of benzene rings is 1. The molecule has 1 spiro atoms. The van der Waals surface area contributed by atoms with Crippen molar-refractivity contribution in [2.45, 2.75) is 70.9 Å². The SMILES string of the molecule is Cc1ccc(C2CC3(CCN2C(=O)OC(C)(C)C)CC(F)(F)C3)cc1. The third-order valence-electron chi connectivity index (χ3n) is 5.24. The van der Waals surface area contributed by atoms with Crippen LogP contribution in [0.1, 0.15) is 63.6 Å². The quantitative estimate of drug-likeness (QED) is 0.670. The second-order valence-electron chi connectivity index (χ2n) is 8.76. The van der Waals surface area contributed by atoms with Gasteiger partial charge in [-0.2, -0.15) is 0 Å². The minimum atomic E-state index is -2.55. The van der Waals surface area contributed by atoms with Crippen molar-refractivity contribution in [1.82, 2.24) is 4.90 Å². The number of ether oxygens (including phenoxy) is 1. The summed E-state index contributed by atoms with van der Waals surface area (Å²) in [6.07, 6.45) is 0.698. The van der Waals surface area contributed by atoms with Crippen LogP contribution in [0, 0.1) is 12.3 Å². The Hall–Kier alpha value is -1.65. The van der Waals surface area contributed by atoms with Crippen LogP contribution in [0.15, 0.2) is 24.3 Å². The van der Waals surface area contributed by atoms with Gasteiger partial charge in [0.25, 0.3) is 0 Å². The predicted molar refractivity (Wildman–Crippen MR) is 92.7 cm³/mol. The number of alkyl halides is 2. The Kier molecular flexibility index (Phi) is 4.33. The van der Waals surface area contributed by atoms with E-state index < -0.39 is 11.5 Å². The van der Waals surface area contributed by atoms with Crippen molar-refractivity contribution in [3.8, 4) is 0 Å². The highest BCUT2D eigenvalue weighted by Crippen LogP contribution is 2.60. The molecule has 1 amide bonds. The largest absolute Gasteiger partial charge is 0.444 e. The molecule has 1 heterocycles. The van der Waals surface area contributed by atoms with Gasteiger partial charge in [-0.1, -0.05) is 29.8 Å². The molecule has 0 N–H and O–H groups in total. The van der Waals surface area contributed by atoms with Crippen LogP contribution in [0.5, 0.6) is 0 Å². The lowest BCUT2D eigenvalue weighted by atomic mass is 9.59. The van der Waals surface area contributed by atoms with Crippen molar-refractivity contribution in [2.75, 3.05) is 6.54 Å². The first-order valence-electron chi connectivity index (χ1n) is 8.93. The Labute approximate surface area is 148 Å². The topological polar surface area (TPSA) is 29.5 Å². The fraction of sp³-hybridized carbons (Fsp3) is 0.650. The van der Waals surface area contributed by atoms with Crippen molar-refractivity contribution in [2.24, 2.45) is 5.41 Å². The Balaban J connectivity index is 1.84. The molecule has 5 heteroatoms. The molecular formula is C20H27F2NO2. The highest BCUT2D eigenvalue weighted by Gasteiger charge is 2.59. The molecule has 3 nitrogen and oxygen atoms in total. The number of hydrogen-bond acceptors (Lipinski definition) is 2. The van der Waals surface area contributed by atoms with E-state index in [1.54, 1.807) is 4.90 Å². The summed E-state index contributed by atoms with van der Waals surface area (Å²) in [5, 5.41) is 0. The zero-order valence-electron chi connectivity index (χ0n) is 15.4. The summed E-state index contributed by atoms with van der Waals surface area (Å²) in [4.78, 5) is 14.4. The number of rotatable bonds is 1. The molecule has 138 valence electrons. The smallest absolute Gasteiger partial charge is 0.410 e. The molecule has 3 rings (SSSR count). The second-order valence-corrected chi connectivity index (χ2v) is 8.76. The second kappa shape index (κ2) is 5.96. The summed E-state index contributed by atoms with van der Waals surface area (Å²) in [6, 6.07) is 7.78. The molecular weight excluding hydrogens is 324 g/mol. The maximum atomic E-state index is 13.5. The molecule has 1 saturated carbocycles. The molecule has 25 heavy (non-hydrogen) atoms. The number of piperidine rings is 1. The number of likely N-dealkylation sites (tertiary alicyclic amines) is 1. The number of carbonyl (C=O) groups is 1. The van der Waals surface area contributed by atoms with Crippen LogP contribution in [-0.4, -0.2) is 29.1 Å². The summed E-state index contributed by atoms with van der Waals surface area (Å²) in [5.74, 6) is -2.55. The lowest BCUT2D eigenvalue weighted by Gasteiger charge is -2.54. The normalized spacial score (nSPS) is 24.7. The number of nitrogens with zero attached hydrogens (tertiary/aromatic N) is 1. The van der Waals surface area contributed by atoms with Gasteiger partial charge in [-0.05, 0) is 51.5 Å².